The van der Waals surface area contributed by atoms with E-state index < -0.39 is 0 Å². The predicted molar refractivity (Wildman–Crippen MR) is 106 cm³/mol. The van der Waals surface area contributed by atoms with Gasteiger partial charge in [0, 0.05) is 17.6 Å². The number of aromatic nitrogens is 2. The van der Waals surface area contributed by atoms with Crippen LogP contribution in [0, 0.1) is 6.92 Å². The van der Waals surface area contributed by atoms with E-state index in [1.807, 2.05) is 30.3 Å². The van der Waals surface area contributed by atoms with E-state index in [-0.39, 0.29) is 5.92 Å². The summed E-state index contributed by atoms with van der Waals surface area (Å²) in [7, 11) is 2.26. The summed E-state index contributed by atoms with van der Waals surface area (Å²) in [5.41, 5.74) is 3.71. The summed E-state index contributed by atoms with van der Waals surface area (Å²) >= 11 is 0. The van der Waals surface area contributed by atoms with Crippen LogP contribution in [0.1, 0.15) is 48.1 Å². The van der Waals surface area contributed by atoms with Gasteiger partial charge in [0.2, 0.25) is 11.7 Å². The summed E-state index contributed by atoms with van der Waals surface area (Å²) in [6.45, 7) is 2.14. The topological polar surface area (TPSA) is 42.2 Å². The smallest absolute Gasteiger partial charge is 0.232 e. The molecule has 1 aromatic heterocycles. The summed E-state index contributed by atoms with van der Waals surface area (Å²) < 4.78 is 5.85. The third-order valence-corrected chi connectivity index (χ3v) is 6.53. The molecule has 27 heavy (non-hydrogen) atoms. The molecule has 0 saturated carbocycles. The predicted octanol–water partition coefficient (Wildman–Crippen LogP) is 4.78. The lowest BCUT2D eigenvalue weighted by atomic mass is 9.76. The minimum atomic E-state index is 0.251. The molecule has 0 radical (unpaired) electrons. The summed E-state index contributed by atoms with van der Waals surface area (Å²) in [5, 5.41) is 4.31. The van der Waals surface area contributed by atoms with Crippen LogP contribution < -0.4 is 0 Å². The minimum absolute atomic E-state index is 0.251. The third kappa shape index (κ3) is 2.88. The SMILES string of the molecule is Cc1ccc([C@@H]2C[C@H]3CC[C@@H]([C@H]2c2nc(-c4ccccc4)no2)N3C)cc1. The standard InChI is InChI=1S/C23H25N3O/c1-15-8-10-16(11-9-15)19-14-18-12-13-20(26(18)2)21(19)23-24-22(25-27-23)17-6-4-3-5-7-17/h3-11,18-21H,12-14H2,1-2H3/t18-,19+,20+,21+/m1/s1. The number of benzene rings is 2. The highest BCUT2D eigenvalue weighted by Gasteiger charge is 2.48. The Morgan fingerprint density at radius 3 is 2.56 bits per heavy atom. The maximum Gasteiger partial charge on any atom is 0.232 e. The molecule has 0 spiro atoms. The zero-order chi connectivity index (χ0) is 18.4. The Balaban J connectivity index is 1.54. The first-order valence-electron chi connectivity index (χ1n) is 9.88. The van der Waals surface area contributed by atoms with Gasteiger partial charge in [-0.3, -0.25) is 4.90 Å². The molecule has 0 unspecified atom stereocenters. The van der Waals surface area contributed by atoms with Crippen LogP contribution in [-0.4, -0.2) is 34.2 Å². The second kappa shape index (κ2) is 6.61. The van der Waals surface area contributed by atoms with E-state index in [4.69, 9.17) is 9.51 Å². The molecular weight excluding hydrogens is 334 g/mol. The molecule has 2 aromatic carbocycles. The van der Waals surface area contributed by atoms with Crippen molar-refractivity contribution in [2.75, 3.05) is 7.05 Å². The van der Waals surface area contributed by atoms with Gasteiger partial charge in [-0.15, -0.1) is 0 Å². The van der Waals surface area contributed by atoms with Crippen LogP contribution in [-0.2, 0) is 0 Å². The lowest BCUT2D eigenvalue weighted by Gasteiger charge is -2.41. The summed E-state index contributed by atoms with van der Waals surface area (Å²) in [6, 6.07) is 20.2. The van der Waals surface area contributed by atoms with Crippen molar-refractivity contribution in [1.82, 2.24) is 15.0 Å². The summed E-state index contributed by atoms with van der Waals surface area (Å²) in [6.07, 6.45) is 3.63. The van der Waals surface area contributed by atoms with E-state index in [9.17, 15) is 0 Å². The van der Waals surface area contributed by atoms with Gasteiger partial charge < -0.3 is 4.52 Å². The largest absolute Gasteiger partial charge is 0.339 e. The van der Waals surface area contributed by atoms with Crippen LogP contribution in [0.5, 0.6) is 0 Å². The number of aryl methyl sites for hydroxylation is 1. The van der Waals surface area contributed by atoms with E-state index >= 15 is 0 Å². The van der Waals surface area contributed by atoms with Gasteiger partial charge in [0.25, 0.3) is 0 Å². The molecule has 2 aliphatic heterocycles. The average Bonchev–Trinajstić information content (AvgIpc) is 3.26. The molecule has 0 aliphatic carbocycles. The number of hydrogen-bond acceptors (Lipinski definition) is 4. The van der Waals surface area contributed by atoms with Crippen molar-refractivity contribution < 1.29 is 4.52 Å². The third-order valence-electron chi connectivity index (χ3n) is 6.53. The first-order chi connectivity index (χ1) is 13.2. The van der Waals surface area contributed by atoms with Gasteiger partial charge in [0.1, 0.15) is 0 Å². The van der Waals surface area contributed by atoms with Crippen molar-refractivity contribution in [1.29, 1.82) is 0 Å². The van der Waals surface area contributed by atoms with E-state index in [1.165, 1.54) is 24.0 Å². The molecule has 4 heteroatoms. The maximum atomic E-state index is 5.85. The van der Waals surface area contributed by atoms with Crippen molar-refractivity contribution in [2.24, 2.45) is 0 Å². The molecule has 4 nitrogen and oxygen atoms in total. The molecule has 5 rings (SSSR count). The fraction of sp³-hybridized carbons (Fsp3) is 0.391. The number of rotatable bonds is 3. The Labute approximate surface area is 160 Å². The van der Waals surface area contributed by atoms with Crippen LogP contribution >= 0.6 is 0 Å². The van der Waals surface area contributed by atoms with Gasteiger partial charge in [-0.25, -0.2) is 0 Å². The highest BCUT2D eigenvalue weighted by Crippen LogP contribution is 2.50. The molecule has 138 valence electrons. The van der Waals surface area contributed by atoms with E-state index in [0.717, 1.165) is 17.9 Å². The Hall–Kier alpha value is -2.46. The van der Waals surface area contributed by atoms with Crippen molar-refractivity contribution in [3.8, 4) is 11.4 Å². The molecule has 2 aliphatic rings. The normalized spacial score (nSPS) is 27.8. The van der Waals surface area contributed by atoms with Crippen LogP contribution in [0.25, 0.3) is 11.4 Å². The number of nitrogens with zero attached hydrogens (tertiary/aromatic N) is 3. The van der Waals surface area contributed by atoms with Crippen LogP contribution in [0.4, 0.5) is 0 Å². The van der Waals surface area contributed by atoms with Crippen LogP contribution in [0.2, 0.25) is 0 Å². The Morgan fingerprint density at radius 1 is 1.00 bits per heavy atom. The van der Waals surface area contributed by atoms with Crippen molar-refractivity contribution in [3.63, 3.8) is 0 Å². The van der Waals surface area contributed by atoms with Crippen LogP contribution in [0.3, 0.4) is 0 Å². The van der Waals surface area contributed by atoms with Gasteiger partial charge in [0.15, 0.2) is 0 Å². The lowest BCUT2D eigenvalue weighted by Crippen LogP contribution is -2.44. The molecule has 2 fully saturated rings. The van der Waals surface area contributed by atoms with Gasteiger partial charge in [-0.2, -0.15) is 4.98 Å². The van der Waals surface area contributed by atoms with Gasteiger partial charge >= 0.3 is 0 Å². The minimum Gasteiger partial charge on any atom is -0.339 e. The Morgan fingerprint density at radius 2 is 1.78 bits per heavy atom. The fourth-order valence-corrected chi connectivity index (χ4v) is 5.03. The second-order valence-electron chi connectivity index (χ2n) is 8.06. The molecule has 3 aromatic rings. The van der Waals surface area contributed by atoms with Crippen molar-refractivity contribution >= 4 is 0 Å². The fourth-order valence-electron chi connectivity index (χ4n) is 5.03. The van der Waals surface area contributed by atoms with Crippen molar-refractivity contribution in [3.05, 3.63) is 71.6 Å². The molecule has 3 heterocycles. The van der Waals surface area contributed by atoms with E-state index in [2.05, 4.69) is 48.3 Å². The quantitative estimate of drug-likeness (QED) is 0.675. The van der Waals surface area contributed by atoms with Crippen molar-refractivity contribution in [2.45, 2.75) is 50.1 Å². The molecular formula is C23H25N3O. The van der Waals surface area contributed by atoms with E-state index in [1.54, 1.807) is 0 Å². The second-order valence-corrected chi connectivity index (χ2v) is 8.06. The molecule has 2 bridgehead atoms. The first-order valence-corrected chi connectivity index (χ1v) is 9.88. The highest BCUT2D eigenvalue weighted by molar-refractivity contribution is 5.53. The molecule has 2 saturated heterocycles. The molecule has 0 N–H and O–H groups in total. The highest BCUT2D eigenvalue weighted by atomic mass is 16.5. The number of fused-ring (bicyclic) bond motifs is 2. The van der Waals surface area contributed by atoms with E-state index in [0.29, 0.717) is 23.8 Å². The Bertz CT molecular complexity index is 918. The zero-order valence-electron chi connectivity index (χ0n) is 15.9. The van der Waals surface area contributed by atoms with Gasteiger partial charge in [0.05, 0.1) is 5.92 Å². The Kier molecular flexibility index (Phi) is 4.09. The average molecular weight is 359 g/mol. The summed E-state index contributed by atoms with van der Waals surface area (Å²) in [4.78, 5) is 7.39. The molecule has 0 amide bonds. The van der Waals surface area contributed by atoms with Gasteiger partial charge in [-0.1, -0.05) is 65.3 Å². The zero-order valence-corrected chi connectivity index (χ0v) is 15.9. The van der Waals surface area contributed by atoms with Gasteiger partial charge in [-0.05, 0) is 44.7 Å². The number of piperidine rings is 1. The maximum absolute atomic E-state index is 5.85. The molecule has 4 atom stereocenters. The van der Waals surface area contributed by atoms with Crippen LogP contribution in [0.15, 0.2) is 59.1 Å². The number of hydrogen-bond donors (Lipinski definition) is 0. The monoisotopic (exact) mass is 359 g/mol. The first kappa shape index (κ1) is 16.7. The summed E-state index contributed by atoms with van der Waals surface area (Å²) in [5.74, 6) is 2.16. The lowest BCUT2D eigenvalue weighted by molar-refractivity contribution is 0.120. The number of likely N-dealkylation sites (N-methyl/N-ethyl adjacent to an activating group) is 1.